The van der Waals surface area contributed by atoms with Gasteiger partial charge in [-0.25, -0.2) is 0 Å². The summed E-state index contributed by atoms with van der Waals surface area (Å²) in [5.74, 6) is 3.11. The van der Waals surface area contributed by atoms with E-state index in [1.165, 1.54) is 6.42 Å². The zero-order valence-electron chi connectivity index (χ0n) is 15.4. The van der Waals surface area contributed by atoms with Crippen molar-refractivity contribution in [3.8, 4) is 11.5 Å². The molecular formula is C19H31N3O2. The molecule has 0 saturated carbocycles. The number of likely N-dealkylation sites (tertiary alicyclic amines) is 1. The van der Waals surface area contributed by atoms with Crippen LogP contribution in [-0.2, 0) is 6.42 Å². The number of nitrogens with zero attached hydrogens (tertiary/aromatic N) is 2. The molecule has 2 N–H and O–H groups in total. The summed E-state index contributed by atoms with van der Waals surface area (Å²) in [6.45, 7) is 10.3. The van der Waals surface area contributed by atoms with Crippen LogP contribution in [0, 0.1) is 11.8 Å². The first-order chi connectivity index (χ1) is 11.5. The van der Waals surface area contributed by atoms with E-state index in [1.54, 1.807) is 13.2 Å². The molecule has 134 valence electrons. The Hall–Kier alpha value is -1.91. The molecule has 0 radical (unpaired) electrons. The first-order valence-electron chi connectivity index (χ1n) is 8.93. The van der Waals surface area contributed by atoms with Gasteiger partial charge in [0.1, 0.15) is 0 Å². The summed E-state index contributed by atoms with van der Waals surface area (Å²) in [5.41, 5.74) is 0.870. The van der Waals surface area contributed by atoms with Crippen LogP contribution >= 0.6 is 0 Å². The van der Waals surface area contributed by atoms with Crippen LogP contribution in [0.5, 0.6) is 11.5 Å². The van der Waals surface area contributed by atoms with Crippen LogP contribution in [0.2, 0.25) is 0 Å². The molecule has 2 atom stereocenters. The number of ether oxygens (including phenoxy) is 1. The van der Waals surface area contributed by atoms with Gasteiger partial charge in [0.25, 0.3) is 0 Å². The predicted octanol–water partition coefficient (Wildman–Crippen LogP) is 2.89. The maximum atomic E-state index is 10.2. The van der Waals surface area contributed by atoms with E-state index in [9.17, 15) is 5.11 Å². The molecule has 0 aliphatic carbocycles. The summed E-state index contributed by atoms with van der Waals surface area (Å²) in [6.07, 6.45) is 1.98. The second-order valence-corrected chi connectivity index (χ2v) is 6.80. The fourth-order valence-electron chi connectivity index (χ4n) is 3.48. The van der Waals surface area contributed by atoms with Crippen molar-refractivity contribution in [2.24, 2.45) is 16.8 Å². The van der Waals surface area contributed by atoms with Crippen LogP contribution in [0.25, 0.3) is 0 Å². The van der Waals surface area contributed by atoms with Gasteiger partial charge in [-0.1, -0.05) is 26.0 Å². The summed E-state index contributed by atoms with van der Waals surface area (Å²) >= 11 is 0. The number of phenolic OH excluding ortho intramolecular Hbond substituents is 1. The number of benzene rings is 1. The molecule has 2 unspecified atom stereocenters. The van der Waals surface area contributed by atoms with Crippen LogP contribution in [0.15, 0.2) is 23.2 Å². The second-order valence-electron chi connectivity index (χ2n) is 6.80. The average Bonchev–Trinajstić information content (AvgIpc) is 2.54. The van der Waals surface area contributed by atoms with Gasteiger partial charge in [-0.05, 0) is 43.2 Å². The highest BCUT2D eigenvalue weighted by Gasteiger charge is 2.23. The minimum atomic E-state index is 0.223. The number of nitrogens with one attached hydrogen (secondary N) is 1. The van der Waals surface area contributed by atoms with Crippen molar-refractivity contribution in [1.82, 2.24) is 10.2 Å². The highest BCUT2D eigenvalue weighted by Crippen LogP contribution is 2.29. The van der Waals surface area contributed by atoms with Gasteiger partial charge in [0.2, 0.25) is 0 Å². The highest BCUT2D eigenvalue weighted by atomic mass is 16.5. The van der Waals surface area contributed by atoms with Crippen LogP contribution < -0.4 is 10.1 Å². The summed E-state index contributed by atoms with van der Waals surface area (Å²) in [4.78, 5) is 7.15. The number of rotatable bonds is 5. The van der Waals surface area contributed by atoms with Crippen molar-refractivity contribution in [1.29, 1.82) is 0 Å². The normalized spacial score (nSPS) is 21.7. The minimum Gasteiger partial charge on any atom is -0.504 e. The molecule has 1 fully saturated rings. The molecule has 1 aliphatic heterocycles. The molecule has 0 spiro atoms. The zero-order chi connectivity index (χ0) is 17.5. The Labute approximate surface area is 145 Å². The number of methoxy groups -OCH3 is 1. The fraction of sp³-hybridized carbons (Fsp3) is 0.632. The van der Waals surface area contributed by atoms with Crippen LogP contribution in [0.1, 0.15) is 32.8 Å². The molecular weight excluding hydrogens is 302 g/mol. The fourth-order valence-corrected chi connectivity index (χ4v) is 3.48. The summed E-state index contributed by atoms with van der Waals surface area (Å²) in [7, 11) is 1.57. The second kappa shape index (κ2) is 8.81. The Kier molecular flexibility index (Phi) is 6.76. The van der Waals surface area contributed by atoms with Gasteiger partial charge in [-0.15, -0.1) is 0 Å². The van der Waals surface area contributed by atoms with E-state index in [2.05, 4.69) is 31.0 Å². The van der Waals surface area contributed by atoms with E-state index in [-0.39, 0.29) is 5.75 Å². The number of guanidine groups is 1. The maximum absolute atomic E-state index is 10.2. The largest absolute Gasteiger partial charge is 0.504 e. The van der Waals surface area contributed by atoms with Crippen molar-refractivity contribution in [2.75, 3.05) is 33.3 Å². The summed E-state index contributed by atoms with van der Waals surface area (Å²) in [5, 5.41) is 13.6. The van der Waals surface area contributed by atoms with Crippen molar-refractivity contribution >= 4 is 5.96 Å². The number of piperidine rings is 1. The first-order valence-corrected chi connectivity index (χ1v) is 8.93. The number of aromatic hydroxyl groups is 1. The quantitative estimate of drug-likeness (QED) is 0.643. The molecule has 2 rings (SSSR count). The van der Waals surface area contributed by atoms with Gasteiger partial charge >= 0.3 is 0 Å². The monoisotopic (exact) mass is 333 g/mol. The Balaban J connectivity index is 2.03. The smallest absolute Gasteiger partial charge is 0.193 e. The third-order valence-corrected chi connectivity index (χ3v) is 4.45. The van der Waals surface area contributed by atoms with Gasteiger partial charge in [-0.2, -0.15) is 0 Å². The van der Waals surface area contributed by atoms with Gasteiger partial charge in [0.15, 0.2) is 17.5 Å². The Morgan fingerprint density at radius 1 is 1.33 bits per heavy atom. The first kappa shape index (κ1) is 18.4. The summed E-state index contributed by atoms with van der Waals surface area (Å²) < 4.78 is 5.16. The third-order valence-electron chi connectivity index (χ3n) is 4.45. The van der Waals surface area contributed by atoms with E-state index in [0.717, 1.165) is 31.2 Å². The lowest BCUT2D eigenvalue weighted by molar-refractivity contribution is 0.208. The average molecular weight is 333 g/mol. The molecule has 1 aromatic carbocycles. The van der Waals surface area contributed by atoms with E-state index >= 15 is 0 Å². The van der Waals surface area contributed by atoms with Crippen molar-refractivity contribution in [3.63, 3.8) is 0 Å². The maximum Gasteiger partial charge on any atom is 0.193 e. The van der Waals surface area contributed by atoms with Crippen LogP contribution in [0.4, 0.5) is 0 Å². The molecule has 5 nitrogen and oxygen atoms in total. The van der Waals surface area contributed by atoms with Gasteiger partial charge in [-0.3, -0.25) is 4.99 Å². The number of aliphatic imine (C=N–C) groups is 1. The zero-order valence-corrected chi connectivity index (χ0v) is 15.4. The van der Waals surface area contributed by atoms with Gasteiger partial charge in [0, 0.05) is 26.2 Å². The minimum absolute atomic E-state index is 0.223. The lowest BCUT2D eigenvalue weighted by Gasteiger charge is -2.37. The molecule has 1 heterocycles. The van der Waals surface area contributed by atoms with E-state index in [4.69, 9.17) is 9.73 Å². The van der Waals surface area contributed by atoms with Crippen LogP contribution in [0.3, 0.4) is 0 Å². The standard InChI is InChI=1S/C19H31N3O2/c1-5-20-19(22-12-14(2)11-15(3)13-22)21-10-9-16-7-6-8-17(24-4)18(16)23/h6-8,14-15,23H,5,9-13H2,1-4H3,(H,20,21). The van der Waals surface area contributed by atoms with Crippen LogP contribution in [-0.4, -0.2) is 49.3 Å². The molecule has 0 aromatic heterocycles. The molecule has 1 saturated heterocycles. The molecule has 5 heteroatoms. The number of hydrogen-bond acceptors (Lipinski definition) is 3. The molecule has 0 amide bonds. The molecule has 0 bridgehead atoms. The Bertz CT molecular complexity index is 550. The molecule has 1 aromatic rings. The SMILES string of the molecule is CCNC(=NCCc1cccc(OC)c1O)N1CC(C)CC(C)C1. The number of hydrogen-bond donors (Lipinski definition) is 2. The van der Waals surface area contributed by atoms with Crippen molar-refractivity contribution < 1.29 is 9.84 Å². The third kappa shape index (κ3) is 4.79. The van der Waals surface area contributed by atoms with Crippen molar-refractivity contribution in [2.45, 2.75) is 33.6 Å². The summed E-state index contributed by atoms with van der Waals surface area (Å²) in [6, 6.07) is 5.59. The lowest BCUT2D eigenvalue weighted by Crippen LogP contribution is -2.48. The molecule has 1 aliphatic rings. The van der Waals surface area contributed by atoms with Gasteiger partial charge < -0.3 is 20.1 Å². The Morgan fingerprint density at radius 2 is 2.04 bits per heavy atom. The Morgan fingerprint density at radius 3 is 2.67 bits per heavy atom. The van der Waals surface area contributed by atoms with Gasteiger partial charge in [0.05, 0.1) is 7.11 Å². The van der Waals surface area contributed by atoms with Crippen molar-refractivity contribution in [3.05, 3.63) is 23.8 Å². The van der Waals surface area contributed by atoms with E-state index in [1.807, 2.05) is 12.1 Å². The number of para-hydroxylation sites is 1. The molecule has 24 heavy (non-hydrogen) atoms. The van der Waals surface area contributed by atoms with E-state index < -0.39 is 0 Å². The predicted molar refractivity (Wildman–Crippen MR) is 98.9 cm³/mol. The topological polar surface area (TPSA) is 57.1 Å². The highest BCUT2D eigenvalue weighted by molar-refractivity contribution is 5.80. The number of phenols is 1. The lowest BCUT2D eigenvalue weighted by atomic mass is 9.92. The van der Waals surface area contributed by atoms with E-state index in [0.29, 0.717) is 30.6 Å².